The van der Waals surface area contributed by atoms with Crippen LogP contribution < -0.4 is 0 Å². The number of nitrogens with zero attached hydrogens (tertiary/aromatic N) is 2. The van der Waals surface area contributed by atoms with Crippen LogP contribution in [0.5, 0.6) is 0 Å². The van der Waals surface area contributed by atoms with Crippen LogP contribution in [0.25, 0.3) is 0 Å². The molecule has 1 saturated heterocycles. The molecule has 0 radical (unpaired) electrons. The van der Waals surface area contributed by atoms with Crippen LogP contribution in [-0.2, 0) is 9.59 Å². The lowest BCUT2D eigenvalue weighted by molar-refractivity contribution is -0.140. The Labute approximate surface area is 95.0 Å². The van der Waals surface area contributed by atoms with Crippen molar-refractivity contribution in [2.24, 2.45) is 10.9 Å². The van der Waals surface area contributed by atoms with Crippen molar-refractivity contribution >= 4 is 17.5 Å². The summed E-state index contributed by atoms with van der Waals surface area (Å²) >= 11 is 0. The normalized spacial score (nSPS) is 23.7. The molecule has 2 heterocycles. The maximum Gasteiger partial charge on any atom is 0.296 e. The van der Waals surface area contributed by atoms with Gasteiger partial charge in [-0.1, -0.05) is 31.9 Å². The third kappa shape index (κ3) is 1.79. The van der Waals surface area contributed by atoms with Crippen LogP contribution in [0.2, 0.25) is 0 Å². The summed E-state index contributed by atoms with van der Waals surface area (Å²) in [5.41, 5.74) is 0. The van der Waals surface area contributed by atoms with Crippen LogP contribution in [0.1, 0.15) is 26.2 Å². The molecule has 0 saturated carbocycles. The Morgan fingerprint density at radius 3 is 3.00 bits per heavy atom. The van der Waals surface area contributed by atoms with Crippen molar-refractivity contribution in [3.63, 3.8) is 0 Å². The molecule has 0 aromatic rings. The predicted molar refractivity (Wildman–Crippen MR) is 61.2 cm³/mol. The molecule has 86 valence electrons. The molecular weight excluding hydrogens is 204 g/mol. The highest BCUT2D eigenvalue weighted by Crippen LogP contribution is 2.22. The first-order chi connectivity index (χ1) is 7.75. The van der Waals surface area contributed by atoms with Gasteiger partial charge in [0.2, 0.25) is 5.78 Å². The number of rotatable bonds is 4. The van der Waals surface area contributed by atoms with E-state index < -0.39 is 5.92 Å². The van der Waals surface area contributed by atoms with Crippen molar-refractivity contribution < 1.29 is 9.59 Å². The van der Waals surface area contributed by atoms with Crippen LogP contribution >= 0.6 is 0 Å². The van der Waals surface area contributed by atoms with Gasteiger partial charge < -0.3 is 0 Å². The topological polar surface area (TPSA) is 49.7 Å². The number of aliphatic imine (C=N–C) groups is 1. The van der Waals surface area contributed by atoms with Crippen molar-refractivity contribution in [1.82, 2.24) is 4.90 Å². The number of hydrogen-bond donors (Lipinski definition) is 0. The highest BCUT2D eigenvalue weighted by Gasteiger charge is 2.43. The molecule has 16 heavy (non-hydrogen) atoms. The zero-order valence-electron chi connectivity index (χ0n) is 9.48. The van der Waals surface area contributed by atoms with E-state index in [0.717, 1.165) is 19.3 Å². The Bertz CT molecular complexity index is 371. The van der Waals surface area contributed by atoms with E-state index in [-0.39, 0.29) is 11.7 Å². The Morgan fingerprint density at radius 2 is 2.25 bits per heavy atom. The van der Waals surface area contributed by atoms with E-state index in [2.05, 4.69) is 11.9 Å². The van der Waals surface area contributed by atoms with Crippen LogP contribution in [0.4, 0.5) is 0 Å². The fraction of sp³-hybridized carbons (Fsp3) is 0.583. The highest BCUT2D eigenvalue weighted by molar-refractivity contribution is 6.49. The average molecular weight is 220 g/mol. The minimum absolute atomic E-state index is 0.328. The molecule has 0 aromatic carbocycles. The molecule has 1 unspecified atom stereocenters. The fourth-order valence-electron chi connectivity index (χ4n) is 2.09. The standard InChI is InChI=1S/C12H16N2O2/c1-2-3-4-8-14-11-9(6-5-7-13-11)10(15)12(14)16/h5-6,9H,2-4,7-8H2,1H3. The van der Waals surface area contributed by atoms with Crippen LogP contribution in [-0.4, -0.2) is 35.5 Å². The molecule has 0 bridgehead atoms. The van der Waals surface area contributed by atoms with Crippen molar-refractivity contribution in [3.8, 4) is 0 Å². The summed E-state index contributed by atoms with van der Waals surface area (Å²) in [4.78, 5) is 29.2. The van der Waals surface area contributed by atoms with Crippen LogP contribution in [0.15, 0.2) is 17.1 Å². The summed E-state index contributed by atoms with van der Waals surface area (Å²) in [5, 5.41) is 0. The van der Waals surface area contributed by atoms with Gasteiger partial charge in [-0.15, -0.1) is 0 Å². The minimum Gasteiger partial charge on any atom is -0.293 e. The smallest absolute Gasteiger partial charge is 0.293 e. The van der Waals surface area contributed by atoms with Gasteiger partial charge in [0.25, 0.3) is 5.91 Å². The Morgan fingerprint density at radius 1 is 1.44 bits per heavy atom. The van der Waals surface area contributed by atoms with E-state index in [9.17, 15) is 9.59 Å². The molecule has 2 aliphatic heterocycles. The number of dihydropyridines is 1. The summed E-state index contributed by atoms with van der Waals surface area (Å²) in [6.45, 7) is 3.32. The molecule has 1 fully saturated rings. The second-order valence-electron chi connectivity index (χ2n) is 4.13. The lowest BCUT2D eigenvalue weighted by Gasteiger charge is -2.18. The maximum absolute atomic E-state index is 11.7. The van der Waals surface area contributed by atoms with Crippen molar-refractivity contribution in [1.29, 1.82) is 0 Å². The number of Topliss-reactive ketones (excluding diaryl/α,β-unsaturated/α-hetero) is 1. The zero-order valence-corrected chi connectivity index (χ0v) is 9.48. The predicted octanol–water partition coefficient (Wildman–Crippen LogP) is 1.17. The Kier molecular flexibility index (Phi) is 3.17. The number of likely N-dealkylation sites (tertiary alicyclic amines) is 1. The molecular formula is C12H16N2O2. The minimum atomic E-state index is -0.400. The first-order valence-corrected chi connectivity index (χ1v) is 5.82. The number of carbonyl (C=O) groups is 2. The van der Waals surface area contributed by atoms with E-state index in [0.29, 0.717) is 18.9 Å². The first kappa shape index (κ1) is 11.0. The number of ketones is 1. The van der Waals surface area contributed by atoms with Gasteiger partial charge in [-0.05, 0) is 6.42 Å². The molecule has 0 aliphatic carbocycles. The summed E-state index contributed by atoms with van der Waals surface area (Å²) in [6.07, 6.45) is 6.75. The van der Waals surface area contributed by atoms with Gasteiger partial charge in [0.1, 0.15) is 11.8 Å². The number of amidine groups is 1. The Hall–Kier alpha value is -1.45. The molecule has 0 spiro atoms. The number of fused-ring (bicyclic) bond motifs is 1. The quantitative estimate of drug-likeness (QED) is 0.405. The van der Waals surface area contributed by atoms with E-state index in [1.807, 2.05) is 6.08 Å². The van der Waals surface area contributed by atoms with E-state index in [4.69, 9.17) is 0 Å². The van der Waals surface area contributed by atoms with Gasteiger partial charge in [0, 0.05) is 6.54 Å². The van der Waals surface area contributed by atoms with Crippen molar-refractivity contribution in [2.45, 2.75) is 26.2 Å². The lowest BCUT2D eigenvalue weighted by Crippen LogP contribution is -2.33. The van der Waals surface area contributed by atoms with E-state index >= 15 is 0 Å². The summed E-state index contributed by atoms with van der Waals surface area (Å²) < 4.78 is 0. The number of hydrogen-bond acceptors (Lipinski definition) is 3. The maximum atomic E-state index is 11.7. The molecule has 4 nitrogen and oxygen atoms in total. The van der Waals surface area contributed by atoms with Crippen molar-refractivity contribution in [2.75, 3.05) is 13.1 Å². The van der Waals surface area contributed by atoms with Gasteiger partial charge in [-0.2, -0.15) is 0 Å². The third-order valence-corrected chi connectivity index (χ3v) is 2.97. The molecule has 4 heteroatoms. The largest absolute Gasteiger partial charge is 0.296 e. The average Bonchev–Trinajstić information content (AvgIpc) is 2.55. The molecule has 2 aliphatic rings. The van der Waals surface area contributed by atoms with Gasteiger partial charge in [0.15, 0.2) is 0 Å². The summed E-state index contributed by atoms with van der Waals surface area (Å²) in [5.74, 6) is -0.450. The molecule has 0 N–H and O–H groups in total. The lowest BCUT2D eigenvalue weighted by atomic mass is 10.0. The number of amides is 1. The monoisotopic (exact) mass is 220 g/mol. The molecule has 0 aromatic heterocycles. The van der Waals surface area contributed by atoms with Crippen LogP contribution in [0.3, 0.4) is 0 Å². The zero-order chi connectivity index (χ0) is 11.5. The number of unbranched alkanes of at least 4 members (excludes halogenated alkanes) is 2. The van der Waals surface area contributed by atoms with Gasteiger partial charge in [-0.25, -0.2) is 0 Å². The SMILES string of the molecule is CCCCCN1C(=O)C(=O)C2C=CCN=C21. The molecule has 1 amide bonds. The summed E-state index contributed by atoms with van der Waals surface area (Å²) in [6, 6.07) is 0. The fourth-order valence-corrected chi connectivity index (χ4v) is 2.09. The van der Waals surface area contributed by atoms with Crippen molar-refractivity contribution in [3.05, 3.63) is 12.2 Å². The van der Waals surface area contributed by atoms with Gasteiger partial charge in [-0.3, -0.25) is 19.5 Å². The van der Waals surface area contributed by atoms with E-state index in [1.54, 1.807) is 11.0 Å². The summed E-state index contributed by atoms with van der Waals surface area (Å²) in [7, 11) is 0. The second kappa shape index (κ2) is 4.60. The first-order valence-electron chi connectivity index (χ1n) is 5.82. The van der Waals surface area contributed by atoms with E-state index in [1.165, 1.54) is 0 Å². The Balaban J connectivity index is 2.10. The second-order valence-corrected chi connectivity index (χ2v) is 4.13. The van der Waals surface area contributed by atoms with Gasteiger partial charge in [0.05, 0.1) is 6.54 Å². The van der Waals surface area contributed by atoms with Gasteiger partial charge >= 0.3 is 0 Å². The number of carbonyl (C=O) groups excluding carboxylic acids is 2. The highest BCUT2D eigenvalue weighted by atomic mass is 16.2. The van der Waals surface area contributed by atoms with Crippen LogP contribution in [0, 0.1) is 5.92 Å². The molecule has 1 atom stereocenters. The third-order valence-electron chi connectivity index (χ3n) is 2.97. The molecule has 2 rings (SSSR count).